The predicted octanol–water partition coefficient (Wildman–Crippen LogP) is 8.47. The molecule has 0 spiro atoms. The van der Waals surface area contributed by atoms with E-state index in [0.29, 0.717) is 16.6 Å². The van der Waals surface area contributed by atoms with E-state index in [4.69, 9.17) is 14.8 Å². The van der Waals surface area contributed by atoms with Gasteiger partial charge in [-0.05, 0) is 76.5 Å². The maximum atomic E-state index is 15.7. The van der Waals surface area contributed by atoms with Gasteiger partial charge in [0.05, 0.1) is 41.7 Å². The number of hydrogen-bond acceptors (Lipinski definition) is 14. The van der Waals surface area contributed by atoms with Crippen molar-refractivity contribution >= 4 is 81.0 Å². The standard InChI is InChI=1S/C24H32F2NO8PS3.C11H21NO.C7H9N3O.C2H6/c1-22(2,31)13-19(28)37-9-7-34-36(33,35-8-10-38-20(29)14-23(3,4)32)24(25,26)16-5-6-17-15(11-16)12-18(39-17)21(27)30;1-10(2)6-5-7-11(13)12-8-3-4-9-12;11-6-9-3-7(4-9)10-2-1-8-5-10;1-2/h5-6,11-12,31-32H,7-10,13-14H2,1-4H3,(H2,27,30);10H,3-9H2,1-2H3;1-2,5-7H,3-4H2;1-2H3. The van der Waals surface area contributed by atoms with Crippen molar-refractivity contribution in [2.75, 3.05) is 50.9 Å². The molecule has 3 amide bonds. The number of nitrogens with two attached hydrogens (primary N) is 1. The number of primary amides is 1. The quantitative estimate of drug-likeness (QED) is 0.0520. The van der Waals surface area contributed by atoms with Gasteiger partial charge in [-0.25, -0.2) is 4.98 Å². The van der Waals surface area contributed by atoms with Crippen molar-refractivity contribution in [1.29, 1.82) is 0 Å². The van der Waals surface area contributed by atoms with E-state index >= 15 is 8.78 Å². The van der Waals surface area contributed by atoms with Crippen molar-refractivity contribution in [3.63, 3.8) is 0 Å². The first-order valence-electron chi connectivity index (χ1n) is 21.7. The number of fused-ring (bicyclic) bond motifs is 1. The number of aromatic nitrogens is 2. The first-order valence-corrected chi connectivity index (χ1v) is 26.1. The number of nitrogens with zero attached hydrogens (tertiary/aromatic N) is 4. The molecule has 3 aromatic rings. The van der Waals surface area contributed by atoms with E-state index in [9.17, 15) is 38.8 Å². The van der Waals surface area contributed by atoms with Gasteiger partial charge in [0.25, 0.3) is 5.91 Å². The number of thioether (sulfide) groups is 2. The van der Waals surface area contributed by atoms with Crippen LogP contribution in [0.3, 0.4) is 0 Å². The highest BCUT2D eigenvalue weighted by atomic mass is 32.2. The summed E-state index contributed by atoms with van der Waals surface area (Å²) in [7, 11) is -5.21. The number of hydrogen-bond donors (Lipinski definition) is 3. The molecule has 2 aromatic heterocycles. The van der Waals surface area contributed by atoms with Crippen molar-refractivity contribution < 1.29 is 56.6 Å². The van der Waals surface area contributed by atoms with Crippen LogP contribution in [-0.2, 0) is 38.5 Å². The third kappa shape index (κ3) is 20.7. The minimum Gasteiger partial charge on any atom is -0.390 e. The number of aliphatic hydroxyl groups is 2. The average Bonchev–Trinajstić information content (AvgIpc) is 4.01. The molecule has 5 rings (SSSR count). The molecular formula is C44H68F2N5O10PS3. The number of benzene rings is 1. The van der Waals surface area contributed by atoms with Gasteiger partial charge in [0.15, 0.2) is 10.2 Å². The summed E-state index contributed by atoms with van der Waals surface area (Å²) in [6, 6.07) is 5.26. The fourth-order valence-corrected chi connectivity index (χ4v) is 10.5. The first-order chi connectivity index (χ1) is 30.4. The van der Waals surface area contributed by atoms with Gasteiger partial charge in [-0.3, -0.25) is 28.5 Å². The molecule has 4 N–H and O–H groups in total. The highest BCUT2D eigenvalue weighted by Gasteiger charge is 2.55. The van der Waals surface area contributed by atoms with Gasteiger partial charge in [0, 0.05) is 79.6 Å². The number of likely N-dealkylation sites (tertiary alicyclic amines) is 2. The summed E-state index contributed by atoms with van der Waals surface area (Å²) < 4.78 is 57.7. The van der Waals surface area contributed by atoms with Gasteiger partial charge in [-0.15, -0.1) is 11.3 Å². The van der Waals surface area contributed by atoms with E-state index in [1.54, 1.807) is 17.4 Å². The molecule has 1 aromatic carbocycles. The lowest BCUT2D eigenvalue weighted by atomic mass is 10.1. The average molecular weight is 992 g/mol. The summed E-state index contributed by atoms with van der Waals surface area (Å²) in [5, 5.41) is 19.0. The van der Waals surface area contributed by atoms with Crippen LogP contribution < -0.4 is 5.73 Å². The van der Waals surface area contributed by atoms with Crippen LogP contribution in [0, 0.1) is 5.92 Å². The summed E-state index contributed by atoms with van der Waals surface area (Å²) in [6.07, 6.45) is 11.4. The number of rotatable bonds is 21. The van der Waals surface area contributed by atoms with Crippen LogP contribution in [0.15, 0.2) is 43.0 Å². The molecule has 65 heavy (non-hydrogen) atoms. The highest BCUT2D eigenvalue weighted by Crippen LogP contribution is 2.67. The zero-order chi connectivity index (χ0) is 49.0. The molecule has 0 atom stereocenters. The van der Waals surface area contributed by atoms with Gasteiger partial charge in [0.1, 0.15) is 0 Å². The van der Waals surface area contributed by atoms with Gasteiger partial charge in [-0.1, -0.05) is 63.7 Å². The van der Waals surface area contributed by atoms with Gasteiger partial charge in [0.2, 0.25) is 12.3 Å². The van der Waals surface area contributed by atoms with E-state index in [0.717, 1.165) is 98.3 Å². The van der Waals surface area contributed by atoms with Gasteiger partial charge < -0.3 is 39.4 Å². The molecular weight excluding hydrogens is 924 g/mol. The number of imidazole rings is 1. The molecule has 15 nitrogen and oxygen atoms in total. The zero-order valence-electron chi connectivity index (χ0n) is 38.8. The Kier molecular flexibility index (Phi) is 24.5. The summed E-state index contributed by atoms with van der Waals surface area (Å²) >= 11 is 2.49. The number of alkyl halides is 2. The molecule has 366 valence electrons. The Balaban J connectivity index is 0.000000446. The fraction of sp³-hybridized carbons (Fsp3) is 0.636. The van der Waals surface area contributed by atoms with E-state index < -0.39 is 59.4 Å². The van der Waals surface area contributed by atoms with Gasteiger partial charge in [-0.2, -0.15) is 8.78 Å². The molecule has 0 unspecified atom stereocenters. The Labute approximate surface area is 394 Å². The molecule has 0 radical (unpaired) electrons. The minimum absolute atomic E-state index is 0.122. The zero-order valence-corrected chi connectivity index (χ0v) is 42.2. The smallest absolute Gasteiger partial charge is 0.390 e. The SMILES string of the molecule is CC.CC(C)(O)CC(=O)SCCOP(=O)(OCCSC(=O)CC(C)(C)O)C(F)(F)c1ccc2sc(C(N)=O)cc2c1.CC(C)CCCC(=O)N1CCCC1.O=CN1CC(n2ccnc2)C1. The predicted molar refractivity (Wildman–Crippen MR) is 255 cm³/mol. The van der Waals surface area contributed by atoms with Crippen molar-refractivity contribution in [3.8, 4) is 0 Å². The van der Waals surface area contributed by atoms with Crippen molar-refractivity contribution in [2.45, 2.75) is 123 Å². The second-order valence-corrected chi connectivity index (χ2v) is 22.4. The van der Waals surface area contributed by atoms with Crippen LogP contribution in [0.5, 0.6) is 0 Å². The monoisotopic (exact) mass is 991 g/mol. The summed E-state index contributed by atoms with van der Waals surface area (Å²) in [5.41, 5.74) is -2.02. The Bertz CT molecular complexity index is 1960. The lowest BCUT2D eigenvalue weighted by molar-refractivity contribution is -0.130. The molecule has 0 aliphatic carbocycles. The van der Waals surface area contributed by atoms with Crippen molar-refractivity contribution in [1.82, 2.24) is 19.4 Å². The van der Waals surface area contributed by atoms with E-state index in [1.807, 2.05) is 29.5 Å². The number of carbonyl (C=O) groups is 5. The van der Waals surface area contributed by atoms with Crippen LogP contribution in [0.4, 0.5) is 8.78 Å². The van der Waals surface area contributed by atoms with Crippen LogP contribution in [-0.4, -0.2) is 120 Å². The normalized spacial score (nSPS) is 14.4. The van der Waals surface area contributed by atoms with E-state index in [1.165, 1.54) is 59.1 Å². The largest absolute Gasteiger partial charge is 0.404 e. The maximum absolute atomic E-state index is 15.7. The number of thiophene rings is 1. The number of carbonyl (C=O) groups excluding carboxylic acids is 5. The third-order valence-electron chi connectivity index (χ3n) is 9.44. The second kappa shape index (κ2) is 27.6. The van der Waals surface area contributed by atoms with Crippen molar-refractivity contribution in [2.24, 2.45) is 11.7 Å². The molecule has 0 saturated carbocycles. The molecule has 2 aliphatic heterocycles. The fourth-order valence-electron chi connectivity index (χ4n) is 6.18. The lowest BCUT2D eigenvalue weighted by Gasteiger charge is -2.36. The van der Waals surface area contributed by atoms with Crippen LogP contribution >= 0.6 is 42.5 Å². The van der Waals surface area contributed by atoms with Crippen LogP contribution in [0.2, 0.25) is 0 Å². The second-order valence-electron chi connectivity index (χ2n) is 16.9. The summed E-state index contributed by atoms with van der Waals surface area (Å²) in [6.45, 7) is 16.8. The number of halogens is 2. The molecule has 2 fully saturated rings. The summed E-state index contributed by atoms with van der Waals surface area (Å²) in [5.74, 6) is 0.144. The molecule has 2 saturated heterocycles. The topological polar surface area (TPSA) is 212 Å². The Morgan fingerprint density at radius 1 is 0.969 bits per heavy atom. The third-order valence-corrected chi connectivity index (χ3v) is 14.2. The van der Waals surface area contributed by atoms with Crippen LogP contribution in [0.1, 0.15) is 122 Å². The maximum Gasteiger partial charge on any atom is 0.404 e. The molecule has 21 heteroatoms. The van der Waals surface area contributed by atoms with Crippen LogP contribution in [0.25, 0.3) is 10.1 Å². The molecule has 2 aliphatic rings. The molecule has 4 heterocycles. The molecule has 0 bridgehead atoms. The Morgan fingerprint density at radius 2 is 1.52 bits per heavy atom. The number of amides is 3. The lowest BCUT2D eigenvalue weighted by Crippen LogP contribution is -2.46. The summed E-state index contributed by atoms with van der Waals surface area (Å²) in [4.78, 5) is 65.0. The van der Waals surface area contributed by atoms with E-state index in [-0.39, 0.29) is 34.6 Å². The highest BCUT2D eigenvalue weighted by molar-refractivity contribution is 8.13. The Hall–Kier alpha value is -3.23. The van der Waals surface area contributed by atoms with Crippen molar-refractivity contribution in [3.05, 3.63) is 53.4 Å². The Morgan fingerprint density at radius 3 is 1.98 bits per heavy atom. The first kappa shape index (κ1) is 57.9. The minimum atomic E-state index is -5.21. The van der Waals surface area contributed by atoms with E-state index in [2.05, 4.69) is 18.8 Å². The van der Waals surface area contributed by atoms with Gasteiger partial charge >= 0.3 is 13.3 Å².